The second kappa shape index (κ2) is 4.01. The first-order valence-electron chi connectivity index (χ1n) is 5.22. The highest BCUT2D eigenvalue weighted by Gasteiger charge is 2.37. The molecule has 0 spiro atoms. The van der Waals surface area contributed by atoms with Crippen LogP contribution in [0, 0.1) is 6.92 Å². The fraction of sp³-hybridized carbons (Fsp3) is 0.250. The lowest BCUT2D eigenvalue weighted by molar-refractivity contribution is -0.119. The first-order valence-corrected chi connectivity index (χ1v) is 5.22. The van der Waals surface area contributed by atoms with E-state index in [4.69, 9.17) is 0 Å². The van der Waals surface area contributed by atoms with Crippen LogP contribution >= 0.6 is 0 Å². The number of urea groups is 1. The number of carbonyl (C=O) groups is 2. The third kappa shape index (κ3) is 1.91. The van der Waals surface area contributed by atoms with Gasteiger partial charge in [-0.05, 0) is 19.1 Å². The van der Waals surface area contributed by atoms with Gasteiger partial charge in [0.2, 0.25) is 5.84 Å². The largest absolute Gasteiger partial charge is 0.332 e. The van der Waals surface area contributed by atoms with Crippen molar-refractivity contribution in [1.29, 1.82) is 0 Å². The number of benzene rings is 1. The van der Waals surface area contributed by atoms with E-state index in [1.54, 1.807) is 0 Å². The highest BCUT2D eigenvalue weighted by molar-refractivity contribution is 6.47. The van der Waals surface area contributed by atoms with E-state index in [1.165, 1.54) is 19.0 Å². The summed E-state index contributed by atoms with van der Waals surface area (Å²) in [4.78, 5) is 29.7. The van der Waals surface area contributed by atoms with Crippen molar-refractivity contribution in [2.75, 3.05) is 14.1 Å². The van der Waals surface area contributed by atoms with E-state index in [-0.39, 0.29) is 17.8 Å². The summed E-state index contributed by atoms with van der Waals surface area (Å²) in [6.45, 7) is 1.97. The molecule has 0 unspecified atom stereocenters. The molecule has 1 aliphatic rings. The number of rotatable bonds is 1. The summed E-state index contributed by atoms with van der Waals surface area (Å²) in [7, 11) is 2.98. The second-order valence-corrected chi connectivity index (χ2v) is 3.98. The van der Waals surface area contributed by atoms with Gasteiger partial charge in [0, 0.05) is 14.1 Å². The van der Waals surface area contributed by atoms with Crippen molar-refractivity contribution in [3.63, 3.8) is 0 Å². The molecule has 5 nitrogen and oxygen atoms in total. The standard InChI is InChI=1S/C12H13N3O2/c1-8-4-6-9(7-5-8)13-10-11(16)15(3)12(17)14(10)2/h4-7H,1-3H3. The number of hydrogen-bond donors (Lipinski definition) is 0. The van der Waals surface area contributed by atoms with E-state index in [0.717, 1.165) is 10.5 Å². The van der Waals surface area contributed by atoms with Crippen LogP contribution in [-0.4, -0.2) is 41.7 Å². The molecule has 0 saturated carbocycles. The van der Waals surface area contributed by atoms with Crippen LogP contribution in [0.5, 0.6) is 0 Å². The zero-order chi connectivity index (χ0) is 12.6. The molecule has 1 fully saturated rings. The minimum atomic E-state index is -0.377. The summed E-state index contributed by atoms with van der Waals surface area (Å²) in [6, 6.07) is 7.08. The van der Waals surface area contributed by atoms with Crippen LogP contribution in [0.2, 0.25) is 0 Å². The lowest BCUT2D eigenvalue weighted by atomic mass is 10.2. The number of carbonyl (C=O) groups excluding carboxylic acids is 2. The van der Waals surface area contributed by atoms with Crippen molar-refractivity contribution in [3.05, 3.63) is 29.8 Å². The van der Waals surface area contributed by atoms with Gasteiger partial charge in [-0.25, -0.2) is 9.79 Å². The molecular formula is C12H13N3O2. The molecule has 0 bridgehead atoms. The van der Waals surface area contributed by atoms with Gasteiger partial charge in [0.25, 0.3) is 5.91 Å². The Balaban J connectivity index is 2.37. The predicted molar refractivity (Wildman–Crippen MR) is 64.2 cm³/mol. The number of amides is 3. The molecule has 3 amide bonds. The predicted octanol–water partition coefficient (Wildman–Crippen LogP) is 1.55. The number of nitrogens with zero attached hydrogens (tertiary/aromatic N) is 3. The maximum absolute atomic E-state index is 11.7. The van der Waals surface area contributed by atoms with Crippen LogP contribution in [0.1, 0.15) is 5.56 Å². The van der Waals surface area contributed by atoms with Crippen LogP contribution in [0.15, 0.2) is 29.3 Å². The molecule has 1 aliphatic heterocycles. The van der Waals surface area contributed by atoms with E-state index >= 15 is 0 Å². The first kappa shape index (κ1) is 11.3. The fourth-order valence-corrected chi connectivity index (χ4v) is 1.56. The maximum Gasteiger partial charge on any atom is 0.332 e. The monoisotopic (exact) mass is 231 g/mol. The van der Waals surface area contributed by atoms with Crippen molar-refractivity contribution >= 4 is 23.5 Å². The number of aryl methyl sites for hydroxylation is 1. The van der Waals surface area contributed by atoms with Gasteiger partial charge >= 0.3 is 6.03 Å². The van der Waals surface area contributed by atoms with E-state index in [1.807, 2.05) is 31.2 Å². The number of likely N-dealkylation sites (N-methyl/N-ethyl adjacent to an activating group) is 2. The number of amidine groups is 1. The van der Waals surface area contributed by atoms with Crippen LogP contribution in [0.3, 0.4) is 0 Å². The summed E-state index contributed by atoms with van der Waals surface area (Å²) >= 11 is 0. The summed E-state index contributed by atoms with van der Waals surface area (Å²) in [5.74, 6) is -0.223. The Hall–Kier alpha value is -2.17. The number of aliphatic imine (C=N–C) groups is 1. The summed E-state index contributed by atoms with van der Waals surface area (Å²) in [6.07, 6.45) is 0. The van der Waals surface area contributed by atoms with Crippen molar-refractivity contribution in [2.45, 2.75) is 6.92 Å². The van der Waals surface area contributed by atoms with E-state index in [2.05, 4.69) is 4.99 Å². The van der Waals surface area contributed by atoms with Crippen LogP contribution in [-0.2, 0) is 4.79 Å². The lowest BCUT2D eigenvalue weighted by Gasteiger charge is -2.06. The third-order valence-electron chi connectivity index (χ3n) is 2.66. The Morgan fingerprint density at radius 3 is 2.06 bits per heavy atom. The first-order chi connectivity index (χ1) is 8.00. The molecule has 0 atom stereocenters. The van der Waals surface area contributed by atoms with Gasteiger partial charge in [0.15, 0.2) is 0 Å². The van der Waals surface area contributed by atoms with Crippen LogP contribution in [0.4, 0.5) is 10.5 Å². The Bertz CT molecular complexity index is 505. The zero-order valence-electron chi connectivity index (χ0n) is 9.97. The minimum absolute atomic E-state index is 0.154. The van der Waals surface area contributed by atoms with E-state index < -0.39 is 0 Å². The number of hydrogen-bond acceptors (Lipinski definition) is 3. The van der Waals surface area contributed by atoms with Gasteiger partial charge in [-0.15, -0.1) is 0 Å². The summed E-state index contributed by atoms with van der Waals surface area (Å²) < 4.78 is 0. The smallest absolute Gasteiger partial charge is 0.276 e. The lowest BCUT2D eigenvalue weighted by Crippen LogP contribution is -2.27. The number of imide groups is 1. The maximum atomic E-state index is 11.7. The minimum Gasteiger partial charge on any atom is -0.276 e. The molecule has 17 heavy (non-hydrogen) atoms. The molecule has 1 aromatic carbocycles. The molecule has 1 heterocycles. The SMILES string of the molecule is Cc1ccc(N=C2C(=O)N(C)C(=O)N2C)cc1. The zero-order valence-corrected chi connectivity index (χ0v) is 9.97. The van der Waals surface area contributed by atoms with Gasteiger partial charge < -0.3 is 0 Å². The molecule has 88 valence electrons. The van der Waals surface area contributed by atoms with E-state index in [9.17, 15) is 9.59 Å². The average molecular weight is 231 g/mol. The molecule has 1 saturated heterocycles. The molecule has 0 aliphatic carbocycles. The molecule has 0 N–H and O–H groups in total. The molecule has 5 heteroatoms. The Kier molecular flexibility index (Phi) is 2.67. The Morgan fingerprint density at radius 1 is 1.00 bits per heavy atom. The van der Waals surface area contributed by atoms with Gasteiger partial charge in [-0.1, -0.05) is 17.7 Å². The van der Waals surface area contributed by atoms with E-state index in [0.29, 0.717) is 5.69 Å². The second-order valence-electron chi connectivity index (χ2n) is 3.98. The Morgan fingerprint density at radius 2 is 1.59 bits per heavy atom. The van der Waals surface area contributed by atoms with Crippen molar-refractivity contribution in [1.82, 2.24) is 9.80 Å². The summed E-state index contributed by atoms with van der Waals surface area (Å²) in [5, 5.41) is 0. The fourth-order valence-electron chi connectivity index (χ4n) is 1.56. The molecule has 0 radical (unpaired) electrons. The van der Waals surface area contributed by atoms with Gasteiger partial charge in [-0.2, -0.15) is 0 Å². The topological polar surface area (TPSA) is 53.0 Å². The van der Waals surface area contributed by atoms with Crippen molar-refractivity contribution in [2.24, 2.45) is 4.99 Å². The van der Waals surface area contributed by atoms with Crippen LogP contribution < -0.4 is 0 Å². The van der Waals surface area contributed by atoms with Gasteiger partial charge in [0.05, 0.1) is 5.69 Å². The van der Waals surface area contributed by atoms with Gasteiger partial charge in [0.1, 0.15) is 0 Å². The van der Waals surface area contributed by atoms with Crippen molar-refractivity contribution < 1.29 is 9.59 Å². The Labute approximate surface area is 99.4 Å². The quantitative estimate of drug-likeness (QED) is 0.688. The highest BCUT2D eigenvalue weighted by atomic mass is 16.2. The molecule has 0 aromatic heterocycles. The van der Waals surface area contributed by atoms with Crippen LogP contribution in [0.25, 0.3) is 0 Å². The molecule has 1 aromatic rings. The average Bonchev–Trinajstić information content (AvgIpc) is 2.50. The summed E-state index contributed by atoms with van der Waals surface area (Å²) in [5.41, 5.74) is 1.78. The normalized spacial score (nSPS) is 18.4. The third-order valence-corrected chi connectivity index (χ3v) is 2.66. The highest BCUT2D eigenvalue weighted by Crippen LogP contribution is 2.17. The molecular weight excluding hydrogens is 218 g/mol. The van der Waals surface area contributed by atoms with Crippen molar-refractivity contribution in [3.8, 4) is 0 Å². The molecule has 2 rings (SSSR count). The van der Waals surface area contributed by atoms with Gasteiger partial charge in [-0.3, -0.25) is 14.6 Å².